The second kappa shape index (κ2) is 13.5. The van der Waals surface area contributed by atoms with E-state index in [1.165, 1.54) is 11.0 Å². The predicted molar refractivity (Wildman–Crippen MR) is 93.0 cm³/mol. The van der Waals surface area contributed by atoms with Gasteiger partial charge in [-0.2, -0.15) is 0 Å². The zero-order valence-corrected chi connectivity index (χ0v) is 15.7. The van der Waals surface area contributed by atoms with Crippen molar-refractivity contribution < 1.29 is 48.5 Å². The summed E-state index contributed by atoms with van der Waals surface area (Å²) < 4.78 is 24.0. The molecule has 0 aliphatic heterocycles. The van der Waals surface area contributed by atoms with E-state index in [4.69, 9.17) is 29.0 Å². The molecule has 0 bridgehead atoms. The van der Waals surface area contributed by atoms with Gasteiger partial charge in [0.15, 0.2) is 5.75 Å². The molecule has 0 aliphatic carbocycles. The van der Waals surface area contributed by atoms with Crippen molar-refractivity contribution in [2.45, 2.75) is 0 Å². The first-order chi connectivity index (χ1) is 9.70. The number of hydrogen-bond donors (Lipinski definition) is 8. The minimum Gasteiger partial charge on any atom is -0.412 e. The van der Waals surface area contributed by atoms with Crippen LogP contribution < -0.4 is 27.9 Å². The standard InChI is InChI=1S/C8H11N2O6P.3H3N.H3O4P.H2O/c1-9(2)7-5-6(10(11)12)3-4-8(7)16-17(13,14)15;;;;1-5(2,3)4;/h3-5H,1-2H3,(H2,13,14,15);3*1H3;(H3,1,2,3,4);1H2. The summed E-state index contributed by atoms with van der Waals surface area (Å²) >= 11 is 0. The highest BCUT2D eigenvalue weighted by molar-refractivity contribution is 7.46. The highest BCUT2D eigenvalue weighted by Gasteiger charge is 2.21. The summed E-state index contributed by atoms with van der Waals surface area (Å²) in [6.07, 6.45) is 0. The molecule has 16 nitrogen and oxygen atoms in total. The molecule has 0 aromatic heterocycles. The van der Waals surface area contributed by atoms with Gasteiger partial charge >= 0.3 is 15.6 Å². The van der Waals surface area contributed by atoms with Gasteiger partial charge in [-0.05, 0) is 6.07 Å². The first-order valence-corrected chi connectivity index (χ1v) is 8.29. The summed E-state index contributed by atoms with van der Waals surface area (Å²) in [5.41, 5.74) is 0.0225. The number of phosphoric ester groups is 1. The molecule has 0 heterocycles. The molecule has 0 fully saturated rings. The third kappa shape index (κ3) is 17.2. The van der Waals surface area contributed by atoms with Gasteiger partial charge < -0.3 is 48.0 Å². The molecule has 1 aromatic rings. The molecule has 16 N–H and O–H groups in total. The molecule has 0 spiro atoms. The van der Waals surface area contributed by atoms with Crippen molar-refractivity contribution in [1.29, 1.82) is 0 Å². The lowest BCUT2D eigenvalue weighted by Crippen LogP contribution is -2.10. The van der Waals surface area contributed by atoms with Gasteiger partial charge in [0.05, 0.1) is 10.6 Å². The quantitative estimate of drug-likeness (QED) is 0.175. The van der Waals surface area contributed by atoms with Gasteiger partial charge in [0, 0.05) is 26.2 Å². The van der Waals surface area contributed by atoms with Crippen molar-refractivity contribution in [3.05, 3.63) is 28.3 Å². The van der Waals surface area contributed by atoms with Crippen LogP contribution in [-0.4, -0.2) is 49.0 Å². The van der Waals surface area contributed by atoms with Crippen LogP contribution in [-0.2, 0) is 9.13 Å². The minimum atomic E-state index is -4.69. The van der Waals surface area contributed by atoms with E-state index >= 15 is 0 Å². The SMILES string of the molecule is CN(C)c1cc([N+](=O)[O-])ccc1OP(=O)(O)O.N.N.N.O.O=P(O)(O)O. The maximum absolute atomic E-state index is 10.7. The van der Waals surface area contributed by atoms with Crippen molar-refractivity contribution in [3.63, 3.8) is 0 Å². The van der Waals surface area contributed by atoms with Crippen LogP contribution in [0.25, 0.3) is 0 Å². The fraction of sp³-hybridized carbons (Fsp3) is 0.250. The molecule has 26 heavy (non-hydrogen) atoms. The molecule has 0 aliphatic rings. The summed E-state index contributed by atoms with van der Waals surface area (Å²) in [5, 5.41) is 10.6. The smallest absolute Gasteiger partial charge is 0.412 e. The van der Waals surface area contributed by atoms with E-state index in [9.17, 15) is 14.7 Å². The van der Waals surface area contributed by atoms with Crippen LogP contribution in [0.5, 0.6) is 5.75 Å². The fourth-order valence-corrected chi connectivity index (χ4v) is 1.58. The van der Waals surface area contributed by atoms with Gasteiger partial charge in [-0.25, -0.2) is 9.13 Å². The van der Waals surface area contributed by atoms with E-state index < -0.39 is 20.6 Å². The Morgan fingerprint density at radius 1 is 1.04 bits per heavy atom. The van der Waals surface area contributed by atoms with Crippen LogP contribution in [0.2, 0.25) is 0 Å². The highest BCUT2D eigenvalue weighted by Crippen LogP contribution is 2.42. The Labute approximate surface area is 148 Å². The second-order valence-corrected chi connectivity index (χ2v) is 6.09. The summed E-state index contributed by atoms with van der Waals surface area (Å²) in [7, 11) is -6.18. The number of phosphoric acid groups is 2. The van der Waals surface area contributed by atoms with Crippen LogP contribution in [0.15, 0.2) is 18.2 Å². The van der Waals surface area contributed by atoms with Crippen LogP contribution in [0.1, 0.15) is 0 Å². The van der Waals surface area contributed by atoms with Crippen molar-refractivity contribution in [2.24, 2.45) is 0 Å². The average molecular weight is 429 g/mol. The molecule has 158 valence electrons. The fourth-order valence-electron chi connectivity index (χ4n) is 1.17. The third-order valence-corrected chi connectivity index (χ3v) is 2.29. The molecule has 1 aromatic carbocycles. The number of nitrogens with zero attached hydrogens (tertiary/aromatic N) is 2. The summed E-state index contributed by atoms with van der Waals surface area (Å²) in [6, 6.07) is 3.43. The Balaban J connectivity index is -0.000000146. The Morgan fingerprint density at radius 3 is 1.69 bits per heavy atom. The number of nitro benzene ring substituents is 1. The Hall–Kier alpha value is -1.68. The Bertz CT molecular complexity index is 623. The lowest BCUT2D eigenvalue weighted by Gasteiger charge is -2.17. The Kier molecular flexibility index (Phi) is 18.4. The molecule has 0 unspecified atom stereocenters. The first-order valence-electron chi connectivity index (χ1n) is 5.20. The summed E-state index contributed by atoms with van der Waals surface area (Å²) in [4.78, 5) is 50.4. The van der Waals surface area contributed by atoms with Crippen LogP contribution in [0.4, 0.5) is 11.4 Å². The topological polar surface area (TPSA) is 327 Å². The van der Waals surface area contributed by atoms with Gasteiger partial charge in [-0.15, -0.1) is 0 Å². The van der Waals surface area contributed by atoms with Crippen molar-refractivity contribution >= 4 is 27.0 Å². The Morgan fingerprint density at radius 2 is 1.42 bits per heavy atom. The van der Waals surface area contributed by atoms with E-state index in [1.807, 2.05) is 0 Å². The lowest BCUT2D eigenvalue weighted by molar-refractivity contribution is -0.384. The number of hydrogen-bond acceptors (Lipinski definition) is 9. The molecule has 0 atom stereocenters. The summed E-state index contributed by atoms with van der Waals surface area (Å²) in [6.45, 7) is 0. The number of benzene rings is 1. The minimum absolute atomic E-state index is 0. The van der Waals surface area contributed by atoms with Crippen LogP contribution in [0.3, 0.4) is 0 Å². The van der Waals surface area contributed by atoms with Crippen molar-refractivity contribution in [2.75, 3.05) is 19.0 Å². The molecular weight excluding hydrogens is 404 g/mol. The molecule has 0 amide bonds. The maximum Gasteiger partial charge on any atom is 0.524 e. The first kappa shape index (κ1) is 35.4. The maximum atomic E-state index is 10.7. The zero-order chi connectivity index (χ0) is 17.7. The van der Waals surface area contributed by atoms with Crippen molar-refractivity contribution in [1.82, 2.24) is 18.5 Å². The van der Waals surface area contributed by atoms with E-state index in [2.05, 4.69) is 4.52 Å². The highest BCUT2D eigenvalue weighted by atomic mass is 31.2. The molecule has 0 radical (unpaired) electrons. The van der Waals surface area contributed by atoms with Gasteiger partial charge in [-0.1, -0.05) is 0 Å². The monoisotopic (exact) mass is 429 g/mol. The molecular formula is C8H25N5O11P2. The number of nitro groups is 1. The number of non-ortho nitro benzene ring substituents is 1. The average Bonchev–Trinajstić information content (AvgIpc) is 2.24. The molecule has 0 saturated heterocycles. The van der Waals surface area contributed by atoms with Crippen molar-refractivity contribution in [3.8, 4) is 5.75 Å². The van der Waals surface area contributed by atoms with E-state index in [0.717, 1.165) is 12.1 Å². The number of rotatable bonds is 4. The van der Waals surface area contributed by atoms with Gasteiger partial charge in [-0.3, -0.25) is 19.9 Å². The molecule has 0 saturated carbocycles. The normalized spacial score (nSPS) is 9.50. The summed E-state index contributed by atoms with van der Waals surface area (Å²) in [5.74, 6) is -0.117. The molecule has 1 rings (SSSR count). The van der Waals surface area contributed by atoms with E-state index in [0.29, 0.717) is 0 Å². The zero-order valence-electron chi connectivity index (χ0n) is 13.9. The van der Waals surface area contributed by atoms with E-state index in [1.54, 1.807) is 14.1 Å². The van der Waals surface area contributed by atoms with E-state index in [-0.39, 0.29) is 41.1 Å². The van der Waals surface area contributed by atoms with Gasteiger partial charge in [0.1, 0.15) is 0 Å². The molecule has 18 heteroatoms. The number of anilines is 1. The predicted octanol–water partition coefficient (Wildman–Crippen LogP) is -0.135. The van der Waals surface area contributed by atoms with Gasteiger partial charge in [0.2, 0.25) is 0 Å². The van der Waals surface area contributed by atoms with Crippen LogP contribution in [0, 0.1) is 10.1 Å². The largest absolute Gasteiger partial charge is 0.524 e. The van der Waals surface area contributed by atoms with Crippen LogP contribution >= 0.6 is 15.6 Å². The lowest BCUT2D eigenvalue weighted by atomic mass is 10.2. The van der Waals surface area contributed by atoms with Gasteiger partial charge in [0.25, 0.3) is 5.69 Å². The second-order valence-electron chi connectivity index (χ2n) is 3.90. The third-order valence-electron chi connectivity index (χ3n) is 1.85.